The van der Waals surface area contributed by atoms with Crippen LogP contribution in [0.5, 0.6) is 17.2 Å². The van der Waals surface area contributed by atoms with Crippen molar-refractivity contribution in [3.8, 4) is 17.2 Å². The van der Waals surface area contributed by atoms with Crippen molar-refractivity contribution in [2.45, 2.75) is 27.2 Å². The molecule has 41 heavy (non-hydrogen) atoms. The van der Waals surface area contributed by atoms with Crippen molar-refractivity contribution in [3.63, 3.8) is 0 Å². The fraction of sp³-hybridized carbons (Fsp3) is 0.241. The summed E-state index contributed by atoms with van der Waals surface area (Å²) in [4.78, 5) is 36.9. The van der Waals surface area contributed by atoms with E-state index in [9.17, 15) is 14.4 Å². The van der Waals surface area contributed by atoms with Crippen LogP contribution in [0, 0.1) is 6.92 Å². The van der Waals surface area contributed by atoms with Crippen LogP contribution in [-0.4, -0.2) is 43.8 Å². The van der Waals surface area contributed by atoms with E-state index in [0.29, 0.717) is 56.9 Å². The van der Waals surface area contributed by atoms with Gasteiger partial charge in [-0.2, -0.15) is 5.10 Å². The van der Waals surface area contributed by atoms with E-state index in [-0.39, 0.29) is 12.5 Å². The van der Waals surface area contributed by atoms with E-state index in [0.717, 1.165) is 12.0 Å². The molecule has 0 saturated heterocycles. The van der Waals surface area contributed by atoms with Crippen LogP contribution in [0.3, 0.4) is 0 Å². The van der Waals surface area contributed by atoms with Crippen molar-refractivity contribution in [1.29, 1.82) is 0 Å². The Morgan fingerprint density at radius 3 is 2.44 bits per heavy atom. The van der Waals surface area contributed by atoms with Gasteiger partial charge in [-0.3, -0.25) is 14.4 Å². The zero-order chi connectivity index (χ0) is 29.8. The summed E-state index contributed by atoms with van der Waals surface area (Å²) in [7, 11) is 0. The van der Waals surface area contributed by atoms with E-state index in [1.807, 2.05) is 6.92 Å². The molecule has 3 aromatic rings. The van der Waals surface area contributed by atoms with Crippen LogP contribution >= 0.6 is 27.5 Å². The van der Waals surface area contributed by atoms with E-state index >= 15 is 0 Å². The molecule has 216 valence electrons. The molecule has 3 rings (SSSR count). The monoisotopic (exact) mass is 644 g/mol. The highest BCUT2D eigenvalue weighted by Crippen LogP contribution is 2.36. The van der Waals surface area contributed by atoms with Gasteiger partial charge in [0, 0.05) is 16.4 Å². The Morgan fingerprint density at radius 2 is 1.73 bits per heavy atom. The minimum Gasteiger partial charge on any atom is -0.494 e. The zero-order valence-corrected chi connectivity index (χ0v) is 25.1. The number of hydrogen-bond donors (Lipinski definition) is 3. The molecule has 0 saturated carbocycles. The Bertz CT molecular complexity index is 1420. The number of ether oxygens (including phenoxy) is 3. The van der Waals surface area contributed by atoms with Gasteiger partial charge in [-0.25, -0.2) is 5.43 Å². The molecule has 0 aromatic heterocycles. The number of carbonyl (C=O) groups excluding carboxylic acids is 3. The Balaban J connectivity index is 1.58. The third kappa shape index (κ3) is 9.51. The number of benzene rings is 3. The number of halogens is 2. The van der Waals surface area contributed by atoms with E-state index in [1.165, 1.54) is 6.21 Å². The summed E-state index contributed by atoms with van der Waals surface area (Å²) >= 11 is 9.55. The molecule has 3 N–H and O–H groups in total. The predicted octanol–water partition coefficient (Wildman–Crippen LogP) is 5.70. The van der Waals surface area contributed by atoms with Crippen LogP contribution in [0.1, 0.15) is 31.4 Å². The minimum atomic E-state index is -0.947. The summed E-state index contributed by atoms with van der Waals surface area (Å²) in [5.74, 6) is -0.865. The molecule has 0 radical (unpaired) electrons. The first kappa shape index (κ1) is 31.4. The number of nitrogens with zero attached hydrogens (tertiary/aromatic N) is 1. The van der Waals surface area contributed by atoms with Gasteiger partial charge in [0.05, 0.1) is 23.9 Å². The Morgan fingerprint density at radius 1 is 0.976 bits per heavy atom. The van der Waals surface area contributed by atoms with Crippen molar-refractivity contribution in [3.05, 3.63) is 75.2 Å². The van der Waals surface area contributed by atoms with Gasteiger partial charge in [-0.15, -0.1) is 0 Å². The highest BCUT2D eigenvalue weighted by Gasteiger charge is 2.16. The second kappa shape index (κ2) is 15.6. The fourth-order valence-electron chi connectivity index (χ4n) is 3.39. The lowest BCUT2D eigenvalue weighted by atomic mass is 10.2. The highest BCUT2D eigenvalue weighted by molar-refractivity contribution is 9.10. The second-order valence-electron chi connectivity index (χ2n) is 8.54. The van der Waals surface area contributed by atoms with E-state index in [4.69, 9.17) is 25.8 Å². The molecule has 3 aromatic carbocycles. The van der Waals surface area contributed by atoms with E-state index < -0.39 is 11.8 Å². The van der Waals surface area contributed by atoms with Gasteiger partial charge in [0.1, 0.15) is 5.75 Å². The van der Waals surface area contributed by atoms with Crippen LogP contribution in [0.2, 0.25) is 5.02 Å². The van der Waals surface area contributed by atoms with Crippen LogP contribution in [0.15, 0.2) is 64.2 Å². The molecule has 0 spiro atoms. The van der Waals surface area contributed by atoms with Crippen LogP contribution in [-0.2, 0) is 14.4 Å². The number of hydrazone groups is 1. The summed E-state index contributed by atoms with van der Waals surface area (Å²) in [5, 5.41) is 9.68. The number of nitrogens with one attached hydrogen (secondary N) is 3. The smallest absolute Gasteiger partial charge is 0.329 e. The number of carbonyl (C=O) groups is 3. The predicted molar refractivity (Wildman–Crippen MR) is 162 cm³/mol. The highest BCUT2D eigenvalue weighted by atomic mass is 79.9. The molecular weight excluding hydrogens is 616 g/mol. The Hall–Kier alpha value is -4.09. The number of rotatable bonds is 12. The van der Waals surface area contributed by atoms with Gasteiger partial charge in [0.25, 0.3) is 5.91 Å². The molecule has 0 bridgehead atoms. The van der Waals surface area contributed by atoms with Crippen LogP contribution in [0.4, 0.5) is 11.4 Å². The summed E-state index contributed by atoms with van der Waals surface area (Å²) in [6.45, 7) is 6.26. The van der Waals surface area contributed by atoms with E-state index in [2.05, 4.69) is 37.1 Å². The van der Waals surface area contributed by atoms with Crippen molar-refractivity contribution in [2.75, 3.05) is 30.5 Å². The Labute approximate surface area is 251 Å². The quantitative estimate of drug-likeness (QED) is 0.132. The summed E-state index contributed by atoms with van der Waals surface area (Å²) in [6.07, 6.45) is 2.22. The molecule has 10 nitrogen and oxygen atoms in total. The second-order valence-corrected chi connectivity index (χ2v) is 9.80. The molecule has 0 aliphatic carbocycles. The Kier molecular flexibility index (Phi) is 12.0. The molecular formula is C29H30BrClN4O6. The first-order valence-electron chi connectivity index (χ1n) is 12.7. The molecule has 0 aliphatic rings. The summed E-state index contributed by atoms with van der Waals surface area (Å²) in [5.41, 5.74) is 4.51. The number of hydrogen-bond acceptors (Lipinski definition) is 7. The molecule has 3 amide bonds. The van der Waals surface area contributed by atoms with Crippen molar-refractivity contribution in [1.82, 2.24) is 5.43 Å². The van der Waals surface area contributed by atoms with Crippen molar-refractivity contribution < 1.29 is 28.6 Å². The van der Waals surface area contributed by atoms with E-state index in [1.54, 1.807) is 68.4 Å². The average Bonchev–Trinajstić information content (AvgIpc) is 2.94. The van der Waals surface area contributed by atoms with Crippen molar-refractivity contribution in [2.24, 2.45) is 5.10 Å². The molecule has 0 unspecified atom stereocenters. The summed E-state index contributed by atoms with van der Waals surface area (Å²) < 4.78 is 17.4. The molecule has 0 fully saturated rings. The lowest BCUT2D eigenvalue weighted by Gasteiger charge is -2.15. The van der Waals surface area contributed by atoms with Crippen molar-refractivity contribution >= 4 is 62.8 Å². The van der Waals surface area contributed by atoms with Gasteiger partial charge >= 0.3 is 11.8 Å². The van der Waals surface area contributed by atoms with Gasteiger partial charge in [-0.1, -0.05) is 24.6 Å². The third-order valence-electron chi connectivity index (χ3n) is 5.39. The first-order valence-corrected chi connectivity index (χ1v) is 13.9. The molecule has 12 heteroatoms. The molecule has 0 atom stereocenters. The summed E-state index contributed by atoms with van der Waals surface area (Å²) in [6, 6.07) is 15.2. The van der Waals surface area contributed by atoms with Gasteiger partial charge in [-0.05, 0) is 95.9 Å². The third-order valence-corrected chi connectivity index (χ3v) is 6.39. The van der Waals surface area contributed by atoms with Gasteiger partial charge < -0.3 is 24.8 Å². The molecule has 0 heterocycles. The van der Waals surface area contributed by atoms with Crippen LogP contribution in [0.25, 0.3) is 0 Å². The maximum absolute atomic E-state index is 12.5. The molecule has 0 aliphatic heterocycles. The fourth-order valence-corrected chi connectivity index (χ4v) is 4.14. The minimum absolute atomic E-state index is 0.280. The first-order chi connectivity index (χ1) is 19.7. The lowest BCUT2D eigenvalue weighted by Crippen LogP contribution is -2.32. The maximum atomic E-state index is 12.5. The lowest BCUT2D eigenvalue weighted by molar-refractivity contribution is -0.136. The van der Waals surface area contributed by atoms with Gasteiger partial charge in [0.2, 0.25) is 0 Å². The largest absolute Gasteiger partial charge is 0.494 e. The number of amides is 3. The van der Waals surface area contributed by atoms with Gasteiger partial charge in [0.15, 0.2) is 18.1 Å². The SMILES string of the molecule is CCCOc1ccc(NC(=O)C(=O)N/N=C\c2cc(Br)c(OCC(=O)Nc3cccc(Cl)c3C)c(OCC)c2)cc1. The number of anilines is 2. The van der Waals surface area contributed by atoms with Crippen LogP contribution < -0.4 is 30.3 Å². The standard InChI is InChI=1S/C29H30BrClN4O6/c1-4-13-40-21-11-9-20(10-12-21)33-28(37)29(38)35-32-16-19-14-22(30)27(25(15-19)39-5-2)41-17-26(36)34-24-8-6-7-23(31)18(24)3/h6-12,14-16H,4-5,13,17H2,1-3H3,(H,33,37)(H,34,36)(H,35,38)/b32-16-. The zero-order valence-electron chi connectivity index (χ0n) is 22.8. The topological polar surface area (TPSA) is 127 Å². The average molecular weight is 646 g/mol. The maximum Gasteiger partial charge on any atom is 0.329 e. The normalized spacial score (nSPS) is 10.7.